The number of alkyl halides is 2. The predicted molar refractivity (Wildman–Crippen MR) is 93.2 cm³/mol. The van der Waals surface area contributed by atoms with Gasteiger partial charge in [-0.05, 0) is 35.9 Å². The van der Waals surface area contributed by atoms with E-state index in [1.54, 1.807) is 24.3 Å². The molecular weight excluding hydrogens is 367 g/mol. The summed E-state index contributed by atoms with van der Waals surface area (Å²) in [6.45, 7) is 0. The minimum absolute atomic E-state index is 0.0701. The predicted octanol–water partition coefficient (Wildman–Crippen LogP) is 5.11. The summed E-state index contributed by atoms with van der Waals surface area (Å²) in [6.07, 6.45) is -1.16. The average molecular weight is 380 g/mol. The summed E-state index contributed by atoms with van der Waals surface area (Å²) in [5, 5.41) is 4.20. The Hall–Kier alpha value is -2.80. The SMILES string of the molecule is Cn1cc(N(C=O)c2ccc(F)cc2-c2ccc(Cl)cc2)c(C(F)F)n1. The first-order valence-corrected chi connectivity index (χ1v) is 7.90. The molecule has 0 saturated heterocycles. The van der Waals surface area contributed by atoms with Crippen LogP contribution in [0.1, 0.15) is 12.1 Å². The number of benzene rings is 2. The molecule has 1 heterocycles. The Balaban J connectivity index is 2.19. The summed E-state index contributed by atoms with van der Waals surface area (Å²) in [7, 11) is 1.48. The van der Waals surface area contributed by atoms with Gasteiger partial charge in [-0.1, -0.05) is 23.7 Å². The third-order valence-corrected chi connectivity index (χ3v) is 4.03. The lowest BCUT2D eigenvalue weighted by atomic mass is 10.0. The van der Waals surface area contributed by atoms with Gasteiger partial charge in [-0.15, -0.1) is 0 Å². The van der Waals surface area contributed by atoms with Gasteiger partial charge < -0.3 is 0 Å². The Morgan fingerprint density at radius 3 is 2.46 bits per heavy atom. The van der Waals surface area contributed by atoms with Crippen molar-refractivity contribution in [2.75, 3.05) is 4.90 Å². The maximum absolute atomic E-state index is 13.8. The Bertz CT molecular complexity index is 941. The number of carbonyl (C=O) groups is 1. The van der Waals surface area contributed by atoms with E-state index in [0.29, 0.717) is 22.6 Å². The Labute approximate surface area is 152 Å². The number of anilines is 2. The monoisotopic (exact) mass is 379 g/mol. The normalized spacial score (nSPS) is 11.0. The van der Waals surface area contributed by atoms with Crippen molar-refractivity contribution in [3.63, 3.8) is 0 Å². The van der Waals surface area contributed by atoms with Crippen LogP contribution in [0.2, 0.25) is 5.02 Å². The van der Waals surface area contributed by atoms with Crippen LogP contribution in [-0.2, 0) is 11.8 Å². The van der Waals surface area contributed by atoms with E-state index < -0.39 is 17.9 Å². The number of nitrogens with zero attached hydrogens (tertiary/aromatic N) is 3. The quantitative estimate of drug-likeness (QED) is 0.578. The molecule has 0 saturated carbocycles. The lowest BCUT2D eigenvalue weighted by Crippen LogP contribution is -2.16. The van der Waals surface area contributed by atoms with Gasteiger partial charge in [-0.2, -0.15) is 5.10 Å². The van der Waals surface area contributed by atoms with Crippen LogP contribution in [0.5, 0.6) is 0 Å². The van der Waals surface area contributed by atoms with Crippen molar-refractivity contribution in [2.45, 2.75) is 6.43 Å². The van der Waals surface area contributed by atoms with Crippen molar-refractivity contribution < 1.29 is 18.0 Å². The van der Waals surface area contributed by atoms with Gasteiger partial charge in [-0.25, -0.2) is 13.2 Å². The van der Waals surface area contributed by atoms with Crippen LogP contribution in [0.4, 0.5) is 24.5 Å². The summed E-state index contributed by atoms with van der Waals surface area (Å²) < 4.78 is 41.6. The molecule has 3 rings (SSSR count). The van der Waals surface area contributed by atoms with E-state index in [1.165, 1.54) is 30.1 Å². The maximum atomic E-state index is 13.8. The molecule has 8 heteroatoms. The number of aryl methyl sites for hydroxylation is 1. The van der Waals surface area contributed by atoms with E-state index in [0.717, 1.165) is 11.0 Å². The standard InChI is InChI=1S/C18H13ClF3N3O/c1-24-9-16(17(23-24)18(21)22)25(10-26)15-7-6-13(20)8-14(15)11-2-4-12(19)5-3-11/h2-10,18H,1H3. The van der Waals surface area contributed by atoms with Crippen molar-refractivity contribution in [3.05, 3.63) is 65.2 Å². The topological polar surface area (TPSA) is 38.1 Å². The number of rotatable bonds is 5. The lowest BCUT2D eigenvalue weighted by Gasteiger charge is -2.21. The van der Waals surface area contributed by atoms with Gasteiger partial charge in [0.1, 0.15) is 5.82 Å². The first-order valence-electron chi connectivity index (χ1n) is 7.52. The molecule has 0 unspecified atom stereocenters. The van der Waals surface area contributed by atoms with Crippen LogP contribution in [0, 0.1) is 5.82 Å². The van der Waals surface area contributed by atoms with Crippen molar-refractivity contribution >= 4 is 29.4 Å². The first kappa shape index (κ1) is 18.0. The molecule has 134 valence electrons. The molecule has 1 amide bonds. The second-order valence-electron chi connectivity index (χ2n) is 5.52. The highest BCUT2D eigenvalue weighted by Gasteiger charge is 2.25. The molecule has 0 aliphatic heterocycles. The molecule has 0 bridgehead atoms. The van der Waals surface area contributed by atoms with E-state index in [4.69, 9.17) is 11.6 Å². The molecule has 0 atom stereocenters. The summed E-state index contributed by atoms with van der Waals surface area (Å²) in [4.78, 5) is 12.8. The van der Waals surface area contributed by atoms with E-state index in [-0.39, 0.29) is 11.4 Å². The van der Waals surface area contributed by atoms with Crippen LogP contribution in [0.25, 0.3) is 11.1 Å². The average Bonchev–Trinajstić information content (AvgIpc) is 2.99. The van der Waals surface area contributed by atoms with Gasteiger partial charge in [0.2, 0.25) is 6.41 Å². The smallest absolute Gasteiger partial charge is 0.279 e. The number of hydrogen-bond donors (Lipinski definition) is 0. The third-order valence-electron chi connectivity index (χ3n) is 3.78. The molecule has 26 heavy (non-hydrogen) atoms. The van der Waals surface area contributed by atoms with Gasteiger partial charge in [-0.3, -0.25) is 14.4 Å². The zero-order valence-corrected chi connectivity index (χ0v) is 14.3. The summed E-state index contributed by atoms with van der Waals surface area (Å²) in [5.41, 5.74) is 0.583. The molecule has 0 N–H and O–H groups in total. The largest absolute Gasteiger partial charge is 0.284 e. The van der Waals surface area contributed by atoms with E-state index in [1.807, 2.05) is 0 Å². The zero-order chi connectivity index (χ0) is 18.8. The minimum Gasteiger partial charge on any atom is -0.279 e. The fourth-order valence-electron chi connectivity index (χ4n) is 2.66. The van der Waals surface area contributed by atoms with Crippen molar-refractivity contribution in [3.8, 4) is 11.1 Å². The molecule has 0 spiro atoms. The fourth-order valence-corrected chi connectivity index (χ4v) is 2.78. The highest BCUT2D eigenvalue weighted by atomic mass is 35.5. The van der Waals surface area contributed by atoms with E-state index >= 15 is 0 Å². The molecule has 1 aromatic heterocycles. The third kappa shape index (κ3) is 3.43. The van der Waals surface area contributed by atoms with Crippen LogP contribution >= 0.6 is 11.6 Å². The second kappa shape index (κ2) is 7.21. The Morgan fingerprint density at radius 2 is 1.85 bits per heavy atom. The van der Waals surface area contributed by atoms with Gasteiger partial charge in [0.25, 0.3) is 6.43 Å². The lowest BCUT2D eigenvalue weighted by molar-refractivity contribution is -0.106. The Kier molecular flexibility index (Phi) is 4.99. The van der Waals surface area contributed by atoms with Crippen molar-refractivity contribution in [1.29, 1.82) is 0 Å². The molecule has 0 aliphatic carbocycles. The molecule has 0 fully saturated rings. The van der Waals surface area contributed by atoms with Gasteiger partial charge in [0.15, 0.2) is 5.69 Å². The number of hydrogen-bond acceptors (Lipinski definition) is 2. The fraction of sp³-hybridized carbons (Fsp3) is 0.111. The van der Waals surface area contributed by atoms with Crippen LogP contribution in [0.3, 0.4) is 0 Å². The maximum Gasteiger partial charge on any atom is 0.284 e. The molecule has 0 aliphatic rings. The van der Waals surface area contributed by atoms with Crippen molar-refractivity contribution in [2.24, 2.45) is 7.05 Å². The number of aromatic nitrogens is 2. The first-order chi connectivity index (χ1) is 12.4. The van der Waals surface area contributed by atoms with Gasteiger partial charge >= 0.3 is 0 Å². The second-order valence-corrected chi connectivity index (χ2v) is 5.95. The molecule has 3 aromatic rings. The molecule has 4 nitrogen and oxygen atoms in total. The van der Waals surface area contributed by atoms with E-state index in [2.05, 4.69) is 5.10 Å². The summed E-state index contributed by atoms with van der Waals surface area (Å²) in [6, 6.07) is 10.3. The number of halogens is 4. The molecule has 2 aromatic carbocycles. The van der Waals surface area contributed by atoms with Crippen molar-refractivity contribution in [1.82, 2.24) is 9.78 Å². The number of amides is 1. The highest BCUT2D eigenvalue weighted by molar-refractivity contribution is 6.30. The summed E-state index contributed by atoms with van der Waals surface area (Å²) >= 11 is 5.88. The van der Waals surface area contributed by atoms with Gasteiger partial charge in [0.05, 0.1) is 11.4 Å². The van der Waals surface area contributed by atoms with Crippen LogP contribution in [0.15, 0.2) is 48.7 Å². The van der Waals surface area contributed by atoms with E-state index in [9.17, 15) is 18.0 Å². The van der Waals surface area contributed by atoms with Crippen LogP contribution in [-0.4, -0.2) is 16.2 Å². The summed E-state index contributed by atoms with van der Waals surface area (Å²) in [5.74, 6) is -0.523. The molecule has 0 radical (unpaired) electrons. The molecular formula is C18H13ClF3N3O. The zero-order valence-electron chi connectivity index (χ0n) is 13.5. The Morgan fingerprint density at radius 1 is 1.15 bits per heavy atom. The van der Waals surface area contributed by atoms with Crippen LogP contribution < -0.4 is 4.90 Å². The highest BCUT2D eigenvalue weighted by Crippen LogP contribution is 2.38. The van der Waals surface area contributed by atoms with Gasteiger partial charge in [0, 0.05) is 23.8 Å². The number of carbonyl (C=O) groups excluding carboxylic acids is 1. The minimum atomic E-state index is -2.87.